The SMILES string of the molecule is CCC(N)c1ccccc1Sc1ncco1. The first-order chi connectivity index (χ1) is 7.81. The number of hydrogen-bond acceptors (Lipinski definition) is 4. The van der Waals surface area contributed by atoms with Crippen molar-refractivity contribution in [1.29, 1.82) is 0 Å². The van der Waals surface area contributed by atoms with E-state index in [2.05, 4.69) is 18.0 Å². The Kier molecular flexibility index (Phi) is 3.64. The molecule has 1 heterocycles. The highest BCUT2D eigenvalue weighted by molar-refractivity contribution is 7.99. The van der Waals surface area contributed by atoms with Gasteiger partial charge >= 0.3 is 0 Å². The maximum absolute atomic E-state index is 6.06. The van der Waals surface area contributed by atoms with Gasteiger partial charge < -0.3 is 10.2 Å². The summed E-state index contributed by atoms with van der Waals surface area (Å²) < 4.78 is 5.22. The molecule has 1 unspecified atom stereocenters. The Bertz CT molecular complexity index is 442. The summed E-state index contributed by atoms with van der Waals surface area (Å²) in [6, 6.07) is 8.17. The standard InChI is InChI=1S/C12H14N2OS/c1-2-10(13)9-5-3-4-6-11(9)16-12-14-7-8-15-12/h3-8,10H,2,13H2,1H3. The Balaban J connectivity index is 2.26. The van der Waals surface area contributed by atoms with Crippen molar-refractivity contribution in [2.45, 2.75) is 29.5 Å². The maximum atomic E-state index is 6.06. The van der Waals surface area contributed by atoms with Crippen molar-refractivity contribution in [1.82, 2.24) is 4.98 Å². The minimum atomic E-state index is 0.0682. The largest absolute Gasteiger partial charge is 0.440 e. The smallest absolute Gasteiger partial charge is 0.260 e. The summed E-state index contributed by atoms with van der Waals surface area (Å²) in [5.41, 5.74) is 7.21. The van der Waals surface area contributed by atoms with Gasteiger partial charge in [-0.3, -0.25) is 0 Å². The number of hydrogen-bond donors (Lipinski definition) is 1. The normalized spacial score (nSPS) is 12.6. The fraction of sp³-hybridized carbons (Fsp3) is 0.250. The van der Waals surface area contributed by atoms with Crippen molar-refractivity contribution >= 4 is 11.8 Å². The van der Waals surface area contributed by atoms with E-state index in [1.807, 2.05) is 18.2 Å². The number of nitrogens with two attached hydrogens (primary N) is 1. The van der Waals surface area contributed by atoms with Crippen LogP contribution in [0.1, 0.15) is 24.9 Å². The lowest BCUT2D eigenvalue weighted by atomic mass is 10.1. The van der Waals surface area contributed by atoms with Gasteiger partial charge in [0.05, 0.1) is 6.20 Å². The average Bonchev–Trinajstić information content (AvgIpc) is 2.82. The van der Waals surface area contributed by atoms with Crippen molar-refractivity contribution < 1.29 is 4.42 Å². The third-order valence-corrected chi connectivity index (χ3v) is 3.33. The molecule has 0 aliphatic carbocycles. The van der Waals surface area contributed by atoms with Crippen LogP contribution in [-0.4, -0.2) is 4.98 Å². The predicted octanol–water partition coefficient (Wildman–Crippen LogP) is 3.24. The zero-order chi connectivity index (χ0) is 11.4. The van der Waals surface area contributed by atoms with Gasteiger partial charge in [0.2, 0.25) is 0 Å². The zero-order valence-corrected chi connectivity index (χ0v) is 9.91. The molecule has 16 heavy (non-hydrogen) atoms. The minimum Gasteiger partial charge on any atom is -0.440 e. The van der Waals surface area contributed by atoms with Crippen molar-refractivity contribution in [3.05, 3.63) is 42.3 Å². The third-order valence-electron chi connectivity index (χ3n) is 2.37. The summed E-state index contributed by atoms with van der Waals surface area (Å²) in [4.78, 5) is 5.20. The molecule has 2 N–H and O–H groups in total. The Morgan fingerprint density at radius 1 is 1.44 bits per heavy atom. The Labute approximate surface area is 99.1 Å². The van der Waals surface area contributed by atoms with E-state index >= 15 is 0 Å². The van der Waals surface area contributed by atoms with Gasteiger partial charge in [0.25, 0.3) is 5.22 Å². The molecule has 0 spiro atoms. The van der Waals surface area contributed by atoms with E-state index in [1.54, 1.807) is 12.5 Å². The van der Waals surface area contributed by atoms with Gasteiger partial charge in [0, 0.05) is 10.9 Å². The summed E-state index contributed by atoms with van der Waals surface area (Å²) in [5, 5.41) is 0.649. The summed E-state index contributed by atoms with van der Waals surface area (Å²) in [6.07, 6.45) is 4.14. The lowest BCUT2D eigenvalue weighted by molar-refractivity contribution is 0.454. The first-order valence-electron chi connectivity index (χ1n) is 5.23. The molecule has 4 heteroatoms. The molecule has 0 bridgehead atoms. The van der Waals surface area contributed by atoms with Gasteiger partial charge in [-0.2, -0.15) is 0 Å². The fourth-order valence-corrected chi connectivity index (χ4v) is 2.34. The molecule has 0 fully saturated rings. The molecular formula is C12H14N2OS. The van der Waals surface area contributed by atoms with Gasteiger partial charge in [-0.1, -0.05) is 25.1 Å². The maximum Gasteiger partial charge on any atom is 0.260 e. The van der Waals surface area contributed by atoms with Crippen LogP contribution in [0.5, 0.6) is 0 Å². The van der Waals surface area contributed by atoms with E-state index < -0.39 is 0 Å². The molecule has 84 valence electrons. The summed E-state index contributed by atoms with van der Waals surface area (Å²) >= 11 is 1.51. The molecule has 0 saturated carbocycles. The Hall–Kier alpha value is -1.26. The predicted molar refractivity (Wildman–Crippen MR) is 64.3 cm³/mol. The Morgan fingerprint density at radius 2 is 2.25 bits per heavy atom. The Morgan fingerprint density at radius 3 is 2.94 bits per heavy atom. The van der Waals surface area contributed by atoms with E-state index in [4.69, 9.17) is 10.2 Å². The number of rotatable bonds is 4. The first-order valence-corrected chi connectivity index (χ1v) is 6.04. The van der Waals surface area contributed by atoms with Crippen LogP contribution in [0.2, 0.25) is 0 Å². The van der Waals surface area contributed by atoms with Gasteiger partial charge in [-0.05, 0) is 29.8 Å². The minimum absolute atomic E-state index is 0.0682. The highest BCUT2D eigenvalue weighted by Crippen LogP contribution is 2.32. The molecule has 1 atom stereocenters. The third kappa shape index (κ3) is 2.46. The summed E-state index contributed by atoms with van der Waals surface area (Å²) in [7, 11) is 0. The summed E-state index contributed by atoms with van der Waals surface area (Å²) in [5.74, 6) is 0. The van der Waals surface area contributed by atoms with Gasteiger partial charge in [0.15, 0.2) is 0 Å². The van der Waals surface area contributed by atoms with E-state index in [0.717, 1.165) is 16.9 Å². The second-order valence-electron chi connectivity index (χ2n) is 3.45. The highest BCUT2D eigenvalue weighted by atomic mass is 32.2. The highest BCUT2D eigenvalue weighted by Gasteiger charge is 2.11. The topological polar surface area (TPSA) is 52.0 Å². The van der Waals surface area contributed by atoms with E-state index in [9.17, 15) is 0 Å². The number of oxazole rings is 1. The van der Waals surface area contributed by atoms with Crippen molar-refractivity contribution in [3.63, 3.8) is 0 Å². The molecule has 0 amide bonds. The molecule has 2 rings (SSSR count). The van der Waals surface area contributed by atoms with Crippen LogP contribution in [0.25, 0.3) is 0 Å². The fourth-order valence-electron chi connectivity index (χ4n) is 1.45. The van der Waals surface area contributed by atoms with Crippen LogP contribution >= 0.6 is 11.8 Å². The molecule has 0 aliphatic heterocycles. The van der Waals surface area contributed by atoms with Gasteiger partial charge in [0.1, 0.15) is 6.26 Å². The van der Waals surface area contributed by atoms with Crippen LogP contribution in [-0.2, 0) is 0 Å². The monoisotopic (exact) mass is 234 g/mol. The summed E-state index contributed by atoms with van der Waals surface area (Å²) in [6.45, 7) is 2.08. The van der Waals surface area contributed by atoms with Crippen LogP contribution in [0.15, 0.2) is 51.3 Å². The molecule has 1 aromatic heterocycles. The van der Waals surface area contributed by atoms with Gasteiger partial charge in [-0.15, -0.1) is 0 Å². The molecule has 0 aliphatic rings. The van der Waals surface area contributed by atoms with E-state index in [0.29, 0.717) is 5.22 Å². The zero-order valence-electron chi connectivity index (χ0n) is 9.09. The molecule has 0 saturated heterocycles. The van der Waals surface area contributed by atoms with Crippen LogP contribution in [0.3, 0.4) is 0 Å². The lowest BCUT2D eigenvalue weighted by Crippen LogP contribution is -2.09. The second kappa shape index (κ2) is 5.18. The second-order valence-corrected chi connectivity index (χ2v) is 4.45. The molecule has 0 radical (unpaired) electrons. The van der Waals surface area contributed by atoms with Crippen molar-refractivity contribution in [2.75, 3.05) is 0 Å². The van der Waals surface area contributed by atoms with Crippen LogP contribution in [0, 0.1) is 0 Å². The number of nitrogens with zero attached hydrogens (tertiary/aromatic N) is 1. The lowest BCUT2D eigenvalue weighted by Gasteiger charge is -2.12. The van der Waals surface area contributed by atoms with Crippen molar-refractivity contribution in [2.24, 2.45) is 5.73 Å². The van der Waals surface area contributed by atoms with E-state index in [-0.39, 0.29) is 6.04 Å². The van der Waals surface area contributed by atoms with Crippen molar-refractivity contribution in [3.8, 4) is 0 Å². The molecule has 2 aromatic rings. The van der Waals surface area contributed by atoms with Crippen LogP contribution < -0.4 is 5.73 Å². The number of benzene rings is 1. The molecule has 3 nitrogen and oxygen atoms in total. The quantitative estimate of drug-likeness (QED) is 0.882. The number of aromatic nitrogens is 1. The van der Waals surface area contributed by atoms with E-state index in [1.165, 1.54) is 11.8 Å². The molecular weight excluding hydrogens is 220 g/mol. The molecule has 1 aromatic carbocycles. The van der Waals surface area contributed by atoms with Crippen LogP contribution in [0.4, 0.5) is 0 Å². The average molecular weight is 234 g/mol. The van der Waals surface area contributed by atoms with Gasteiger partial charge in [-0.25, -0.2) is 4.98 Å². The first kappa shape index (κ1) is 11.2.